The predicted molar refractivity (Wildman–Crippen MR) is 73.7 cm³/mol. The van der Waals surface area contributed by atoms with Crippen molar-refractivity contribution >= 4 is 34.7 Å². The number of sulfone groups is 1. The van der Waals surface area contributed by atoms with E-state index in [0.29, 0.717) is 0 Å². The Kier molecular flexibility index (Phi) is 8.79. The highest BCUT2D eigenvalue weighted by Crippen LogP contribution is 2.17. The summed E-state index contributed by atoms with van der Waals surface area (Å²) in [7, 11) is -3.19. The standard InChI is InChI=1S/C10H16N2O2S.2ClH/c1-3-4-10(11)8-5-9(7-12-6-8)15(2,13)14;;/h5-7,10H,3-4,11H2,1-2H3;2*1H. The molecule has 0 amide bonds. The van der Waals surface area contributed by atoms with E-state index in [9.17, 15) is 8.42 Å². The van der Waals surface area contributed by atoms with Crippen molar-refractivity contribution in [3.8, 4) is 0 Å². The second-order valence-electron chi connectivity index (χ2n) is 3.62. The molecule has 17 heavy (non-hydrogen) atoms. The van der Waals surface area contributed by atoms with Crippen LogP contribution in [0.2, 0.25) is 0 Å². The van der Waals surface area contributed by atoms with Crippen molar-refractivity contribution in [1.82, 2.24) is 4.98 Å². The number of pyridine rings is 1. The average molecular weight is 301 g/mol. The van der Waals surface area contributed by atoms with Crippen molar-refractivity contribution in [3.63, 3.8) is 0 Å². The molecular weight excluding hydrogens is 283 g/mol. The van der Waals surface area contributed by atoms with Crippen LogP contribution in [0.1, 0.15) is 31.4 Å². The number of hydrogen-bond donors (Lipinski definition) is 1. The number of nitrogens with two attached hydrogens (primary N) is 1. The minimum atomic E-state index is -3.19. The zero-order valence-corrected chi connectivity index (χ0v) is 12.2. The van der Waals surface area contributed by atoms with Crippen molar-refractivity contribution in [3.05, 3.63) is 24.0 Å². The molecule has 0 bridgehead atoms. The lowest BCUT2D eigenvalue weighted by molar-refractivity contribution is 0.599. The van der Waals surface area contributed by atoms with Crippen molar-refractivity contribution in [1.29, 1.82) is 0 Å². The highest BCUT2D eigenvalue weighted by atomic mass is 35.5. The van der Waals surface area contributed by atoms with Crippen LogP contribution >= 0.6 is 24.8 Å². The van der Waals surface area contributed by atoms with Crippen LogP contribution < -0.4 is 5.73 Å². The first kappa shape index (κ1) is 19.0. The Morgan fingerprint density at radius 2 is 1.94 bits per heavy atom. The minimum absolute atomic E-state index is 0. The van der Waals surface area contributed by atoms with Crippen LogP contribution in [0, 0.1) is 0 Å². The van der Waals surface area contributed by atoms with Gasteiger partial charge in [-0.2, -0.15) is 0 Å². The van der Waals surface area contributed by atoms with Crippen LogP contribution in [0.15, 0.2) is 23.4 Å². The van der Waals surface area contributed by atoms with Crippen molar-refractivity contribution in [2.24, 2.45) is 5.73 Å². The second-order valence-corrected chi connectivity index (χ2v) is 5.64. The van der Waals surface area contributed by atoms with Gasteiger partial charge in [0.1, 0.15) is 0 Å². The van der Waals surface area contributed by atoms with E-state index in [1.54, 1.807) is 12.3 Å². The fraction of sp³-hybridized carbons (Fsp3) is 0.500. The maximum absolute atomic E-state index is 11.3. The van der Waals surface area contributed by atoms with Gasteiger partial charge in [-0.25, -0.2) is 8.42 Å². The first-order valence-corrected chi connectivity index (χ1v) is 6.75. The highest BCUT2D eigenvalue weighted by molar-refractivity contribution is 7.90. The van der Waals surface area contributed by atoms with Crippen molar-refractivity contribution in [2.45, 2.75) is 30.7 Å². The smallest absolute Gasteiger partial charge is 0.177 e. The average Bonchev–Trinajstić information content (AvgIpc) is 2.17. The summed E-state index contributed by atoms with van der Waals surface area (Å²) < 4.78 is 22.6. The molecular formula is C10H18Cl2N2O2S. The second kappa shape index (κ2) is 7.87. The molecule has 1 heterocycles. The Morgan fingerprint density at radius 1 is 1.35 bits per heavy atom. The Balaban J connectivity index is 0. The molecule has 0 aliphatic rings. The third kappa shape index (κ3) is 5.68. The van der Waals surface area contributed by atoms with Crippen LogP contribution in [0.25, 0.3) is 0 Å². The van der Waals surface area contributed by atoms with E-state index in [1.807, 2.05) is 6.92 Å². The third-order valence-electron chi connectivity index (χ3n) is 2.19. The summed E-state index contributed by atoms with van der Waals surface area (Å²) in [5, 5.41) is 0. The molecule has 0 saturated carbocycles. The van der Waals surface area contributed by atoms with Crippen molar-refractivity contribution in [2.75, 3.05) is 6.26 Å². The number of rotatable bonds is 4. The van der Waals surface area contributed by atoms with Gasteiger partial charge in [0.25, 0.3) is 0 Å². The van der Waals surface area contributed by atoms with Crippen molar-refractivity contribution < 1.29 is 8.42 Å². The molecule has 0 aromatic carbocycles. The molecule has 1 aromatic heterocycles. The van der Waals surface area contributed by atoms with Crippen LogP contribution in [0.5, 0.6) is 0 Å². The Labute approximate surface area is 115 Å². The summed E-state index contributed by atoms with van der Waals surface area (Å²) in [6, 6.07) is 1.46. The molecule has 0 aliphatic carbocycles. The highest BCUT2D eigenvalue weighted by Gasteiger charge is 2.11. The van der Waals surface area contributed by atoms with E-state index in [-0.39, 0.29) is 35.8 Å². The molecule has 2 N–H and O–H groups in total. The summed E-state index contributed by atoms with van der Waals surface area (Å²) in [6.07, 6.45) is 5.92. The lowest BCUT2D eigenvalue weighted by Crippen LogP contribution is -2.11. The lowest BCUT2D eigenvalue weighted by Gasteiger charge is -2.10. The number of halogens is 2. The number of hydrogen-bond acceptors (Lipinski definition) is 4. The first-order chi connectivity index (χ1) is 6.95. The zero-order chi connectivity index (χ0) is 11.5. The quantitative estimate of drug-likeness (QED) is 0.924. The summed E-state index contributed by atoms with van der Waals surface area (Å²) >= 11 is 0. The first-order valence-electron chi connectivity index (χ1n) is 4.85. The van der Waals surface area contributed by atoms with Gasteiger partial charge in [0.15, 0.2) is 9.84 Å². The molecule has 1 unspecified atom stereocenters. The molecule has 7 heteroatoms. The number of aromatic nitrogens is 1. The van der Waals surface area contributed by atoms with Gasteiger partial charge in [0, 0.05) is 24.7 Å². The van der Waals surface area contributed by atoms with Gasteiger partial charge >= 0.3 is 0 Å². The maximum Gasteiger partial charge on any atom is 0.177 e. The van der Waals surface area contributed by atoms with Crippen LogP contribution in [0.4, 0.5) is 0 Å². The molecule has 1 aromatic rings. The van der Waals surface area contributed by atoms with Gasteiger partial charge in [-0.05, 0) is 18.1 Å². The fourth-order valence-electron chi connectivity index (χ4n) is 1.32. The lowest BCUT2D eigenvalue weighted by atomic mass is 10.1. The molecule has 0 spiro atoms. The zero-order valence-electron chi connectivity index (χ0n) is 9.79. The maximum atomic E-state index is 11.3. The van der Waals surface area contributed by atoms with E-state index < -0.39 is 9.84 Å². The SMILES string of the molecule is CCCC(N)c1cncc(S(C)(=O)=O)c1.Cl.Cl. The summed E-state index contributed by atoms with van der Waals surface area (Å²) in [6.45, 7) is 2.04. The van der Waals surface area contributed by atoms with Crippen LogP contribution in [0.3, 0.4) is 0 Å². The monoisotopic (exact) mass is 300 g/mol. The predicted octanol–water partition coefficient (Wildman–Crippen LogP) is 2.13. The third-order valence-corrected chi connectivity index (χ3v) is 3.27. The Morgan fingerprint density at radius 3 is 2.41 bits per heavy atom. The topological polar surface area (TPSA) is 73.0 Å². The molecule has 4 nitrogen and oxygen atoms in total. The molecule has 0 saturated heterocycles. The Bertz CT molecular complexity index is 438. The number of nitrogens with zero attached hydrogens (tertiary/aromatic N) is 1. The summed E-state index contributed by atoms with van der Waals surface area (Å²) in [4.78, 5) is 4.12. The van der Waals surface area contributed by atoms with E-state index in [2.05, 4.69) is 4.98 Å². The molecule has 0 fully saturated rings. The van der Waals surface area contributed by atoms with Gasteiger partial charge in [0.2, 0.25) is 0 Å². The van der Waals surface area contributed by atoms with Crippen LogP contribution in [-0.4, -0.2) is 19.7 Å². The molecule has 0 aliphatic heterocycles. The molecule has 100 valence electrons. The minimum Gasteiger partial charge on any atom is -0.324 e. The molecule has 1 rings (SSSR count). The summed E-state index contributed by atoms with van der Waals surface area (Å²) in [5.41, 5.74) is 6.66. The normalized spacial score (nSPS) is 12.2. The van der Waals surface area contributed by atoms with E-state index >= 15 is 0 Å². The Hall–Kier alpha value is -0.360. The largest absolute Gasteiger partial charge is 0.324 e. The van der Waals surface area contributed by atoms with Crippen LogP contribution in [-0.2, 0) is 9.84 Å². The van der Waals surface area contributed by atoms with Gasteiger partial charge in [-0.1, -0.05) is 13.3 Å². The van der Waals surface area contributed by atoms with E-state index in [0.717, 1.165) is 18.4 Å². The van der Waals surface area contributed by atoms with E-state index in [4.69, 9.17) is 5.73 Å². The summed E-state index contributed by atoms with van der Waals surface area (Å²) in [5.74, 6) is 0. The van der Waals surface area contributed by atoms with Gasteiger partial charge < -0.3 is 5.73 Å². The van der Waals surface area contributed by atoms with Gasteiger partial charge in [0.05, 0.1) is 4.90 Å². The van der Waals surface area contributed by atoms with Gasteiger partial charge in [-0.3, -0.25) is 4.98 Å². The van der Waals surface area contributed by atoms with Gasteiger partial charge in [-0.15, -0.1) is 24.8 Å². The van der Waals surface area contributed by atoms with E-state index in [1.165, 1.54) is 12.5 Å². The molecule has 1 atom stereocenters. The molecule has 0 radical (unpaired) electrons. The fourth-order valence-corrected chi connectivity index (χ4v) is 1.92.